The van der Waals surface area contributed by atoms with Gasteiger partial charge in [-0.1, -0.05) is 84.9 Å². The average molecular weight is 811 g/mol. The number of esters is 1. The predicted molar refractivity (Wildman–Crippen MR) is 228 cm³/mol. The Bertz CT molecular complexity index is 2440. The highest BCUT2D eigenvalue weighted by Crippen LogP contribution is 2.35. The minimum Gasteiger partial charge on any atom is -0.489 e. The highest BCUT2D eigenvalue weighted by Gasteiger charge is 2.26. The minimum absolute atomic E-state index is 0.00807. The zero-order valence-electron chi connectivity index (χ0n) is 31.4. The number of para-hydroxylation sites is 1. The molecule has 4 amide bonds. The minimum atomic E-state index is -0.683. The summed E-state index contributed by atoms with van der Waals surface area (Å²) in [7, 11) is 1.23. The molecule has 1 heterocycles. The lowest BCUT2D eigenvalue weighted by atomic mass is 10.1. The molecule has 5 aromatic carbocycles. The molecule has 0 atom stereocenters. The second kappa shape index (κ2) is 19.8. The Labute approximate surface area is 343 Å². The number of carbonyl (C=O) groups excluding carboxylic acids is 5. The van der Waals surface area contributed by atoms with E-state index in [4.69, 9.17) is 9.47 Å². The molecule has 6 aromatic rings. The number of rotatable bonds is 15. The summed E-state index contributed by atoms with van der Waals surface area (Å²) >= 11 is 2.18. The van der Waals surface area contributed by atoms with Crippen LogP contribution in [0.4, 0.5) is 16.4 Å². The quantitative estimate of drug-likeness (QED) is 0.0457. The molecule has 4 N–H and O–H groups in total. The number of ether oxygens (including phenoxy) is 2. The molecular weight excluding hydrogens is 773 g/mol. The lowest BCUT2D eigenvalue weighted by Gasteiger charge is -2.12. The summed E-state index contributed by atoms with van der Waals surface area (Å²) in [6.45, 7) is 2.03. The van der Waals surface area contributed by atoms with E-state index in [1.54, 1.807) is 116 Å². The molecule has 0 saturated carbocycles. The molecular formula is C45H38N4O7S2. The maximum absolute atomic E-state index is 13.7. The Morgan fingerprint density at radius 2 is 1.36 bits per heavy atom. The maximum Gasteiger partial charge on any atom is 0.341 e. The molecule has 0 radical (unpaired) electrons. The summed E-state index contributed by atoms with van der Waals surface area (Å²) in [5, 5.41) is 11.4. The molecule has 58 heavy (non-hydrogen) atoms. The number of thioether (sulfide) groups is 1. The molecule has 0 saturated heterocycles. The highest BCUT2D eigenvalue weighted by molar-refractivity contribution is 8.00. The molecule has 11 nitrogen and oxygen atoms in total. The van der Waals surface area contributed by atoms with E-state index in [9.17, 15) is 24.0 Å². The number of amides is 4. The van der Waals surface area contributed by atoms with E-state index in [-0.39, 0.29) is 26.9 Å². The van der Waals surface area contributed by atoms with E-state index in [2.05, 4.69) is 21.3 Å². The fourth-order valence-corrected chi connectivity index (χ4v) is 7.42. The molecule has 292 valence electrons. The van der Waals surface area contributed by atoms with Crippen LogP contribution >= 0.6 is 23.1 Å². The van der Waals surface area contributed by atoms with Gasteiger partial charge in [-0.05, 0) is 84.3 Å². The van der Waals surface area contributed by atoms with Crippen molar-refractivity contribution < 1.29 is 33.4 Å². The molecule has 0 aliphatic carbocycles. The van der Waals surface area contributed by atoms with Gasteiger partial charge in [0.15, 0.2) is 0 Å². The van der Waals surface area contributed by atoms with Gasteiger partial charge in [-0.2, -0.15) is 0 Å². The summed E-state index contributed by atoms with van der Waals surface area (Å²) in [5.74, 6) is -1.96. The summed E-state index contributed by atoms with van der Waals surface area (Å²) in [6.07, 6.45) is 1.58. The second-order valence-corrected chi connectivity index (χ2v) is 14.7. The van der Waals surface area contributed by atoms with Crippen LogP contribution < -0.4 is 26.0 Å². The molecule has 0 aliphatic heterocycles. The summed E-state index contributed by atoms with van der Waals surface area (Å²) in [5.41, 5.74) is 3.57. The molecule has 13 heteroatoms. The van der Waals surface area contributed by atoms with Crippen LogP contribution in [0.15, 0.2) is 150 Å². The molecule has 0 unspecified atom stereocenters. The van der Waals surface area contributed by atoms with Gasteiger partial charge in [-0.15, -0.1) is 23.1 Å². The number of methoxy groups -OCH3 is 1. The molecule has 0 bridgehead atoms. The largest absolute Gasteiger partial charge is 0.489 e. The first kappa shape index (κ1) is 40.7. The number of benzene rings is 5. The van der Waals surface area contributed by atoms with Gasteiger partial charge in [0.05, 0.1) is 23.3 Å². The Morgan fingerprint density at radius 1 is 0.707 bits per heavy atom. The van der Waals surface area contributed by atoms with Gasteiger partial charge in [0, 0.05) is 21.8 Å². The topological polar surface area (TPSA) is 152 Å². The van der Waals surface area contributed by atoms with Gasteiger partial charge in [0.1, 0.15) is 23.1 Å². The molecule has 0 fully saturated rings. The van der Waals surface area contributed by atoms with Crippen LogP contribution in [-0.2, 0) is 20.9 Å². The van der Waals surface area contributed by atoms with E-state index < -0.39 is 29.6 Å². The first-order valence-electron chi connectivity index (χ1n) is 17.9. The smallest absolute Gasteiger partial charge is 0.341 e. The normalized spacial score (nSPS) is 10.9. The first-order chi connectivity index (χ1) is 28.2. The van der Waals surface area contributed by atoms with E-state index in [0.29, 0.717) is 45.3 Å². The summed E-state index contributed by atoms with van der Waals surface area (Å²) in [4.78, 5) is 66.9. The van der Waals surface area contributed by atoms with E-state index in [1.807, 2.05) is 36.4 Å². The van der Waals surface area contributed by atoms with Gasteiger partial charge in [-0.25, -0.2) is 4.79 Å². The number of thiophene rings is 1. The van der Waals surface area contributed by atoms with Crippen LogP contribution in [-0.4, -0.2) is 42.5 Å². The van der Waals surface area contributed by atoms with Crippen LogP contribution in [0.3, 0.4) is 0 Å². The van der Waals surface area contributed by atoms with Crippen molar-refractivity contribution in [2.45, 2.75) is 18.4 Å². The van der Waals surface area contributed by atoms with Crippen molar-refractivity contribution in [3.05, 3.63) is 178 Å². The fourth-order valence-electron chi connectivity index (χ4n) is 5.56. The lowest BCUT2D eigenvalue weighted by Crippen LogP contribution is -2.30. The average Bonchev–Trinajstić information content (AvgIpc) is 3.58. The number of nitrogens with one attached hydrogen (secondary N) is 4. The van der Waals surface area contributed by atoms with Crippen molar-refractivity contribution in [2.24, 2.45) is 0 Å². The van der Waals surface area contributed by atoms with Crippen molar-refractivity contribution in [3.63, 3.8) is 0 Å². The third-order valence-corrected chi connectivity index (χ3v) is 10.7. The summed E-state index contributed by atoms with van der Waals surface area (Å²) < 4.78 is 10.9. The third-order valence-electron chi connectivity index (χ3n) is 8.46. The van der Waals surface area contributed by atoms with E-state index in [1.165, 1.54) is 18.9 Å². The third kappa shape index (κ3) is 11.1. The van der Waals surface area contributed by atoms with Gasteiger partial charge < -0.3 is 30.7 Å². The van der Waals surface area contributed by atoms with Crippen LogP contribution in [0, 0.1) is 6.92 Å². The number of carbonyl (C=O) groups is 5. The SMILES string of the molecule is COC(=O)c1c(NC(=O)CSc2cccc(NC(=O)/C(=C\c3ccc(OCc4ccccc4)cc3)NC(=O)c3ccccc3)c2)sc(C(=O)Nc2ccccc2)c1C. The monoisotopic (exact) mass is 810 g/mol. The van der Waals surface area contributed by atoms with Crippen LogP contribution in [0.1, 0.15) is 47.1 Å². The molecule has 0 aliphatic rings. The zero-order valence-corrected chi connectivity index (χ0v) is 33.1. The number of hydrogen-bond donors (Lipinski definition) is 4. The lowest BCUT2D eigenvalue weighted by molar-refractivity contribution is -0.114. The van der Waals surface area contributed by atoms with Gasteiger partial charge >= 0.3 is 5.97 Å². The van der Waals surface area contributed by atoms with Crippen molar-refractivity contribution in [1.82, 2.24) is 5.32 Å². The predicted octanol–water partition coefficient (Wildman–Crippen LogP) is 8.81. The molecule has 6 rings (SSSR count). The van der Waals surface area contributed by atoms with Crippen molar-refractivity contribution >= 4 is 75.1 Å². The zero-order chi connectivity index (χ0) is 40.9. The van der Waals surface area contributed by atoms with Crippen molar-refractivity contribution in [2.75, 3.05) is 28.8 Å². The van der Waals surface area contributed by atoms with Gasteiger partial charge in [0.2, 0.25) is 5.91 Å². The fraction of sp³-hybridized carbons (Fsp3) is 0.0889. The Morgan fingerprint density at radius 3 is 2.05 bits per heavy atom. The van der Waals surface area contributed by atoms with Crippen LogP contribution in [0.5, 0.6) is 5.75 Å². The Balaban J connectivity index is 1.12. The Kier molecular flexibility index (Phi) is 13.9. The maximum atomic E-state index is 13.7. The molecule has 1 aromatic heterocycles. The number of anilines is 3. The molecule has 0 spiro atoms. The van der Waals surface area contributed by atoms with Gasteiger partial charge in [-0.3, -0.25) is 19.2 Å². The first-order valence-corrected chi connectivity index (χ1v) is 19.7. The van der Waals surface area contributed by atoms with Crippen LogP contribution in [0.25, 0.3) is 6.08 Å². The van der Waals surface area contributed by atoms with E-state index >= 15 is 0 Å². The van der Waals surface area contributed by atoms with Crippen molar-refractivity contribution in [3.8, 4) is 5.75 Å². The highest BCUT2D eigenvalue weighted by atomic mass is 32.2. The summed E-state index contributed by atoms with van der Waals surface area (Å²) in [6, 6.07) is 41.3. The van der Waals surface area contributed by atoms with Gasteiger partial charge in [0.25, 0.3) is 17.7 Å². The Hall–Kier alpha value is -6.96. The standard InChI is InChI=1S/C45H38N4O7S2/c1-29-39(45(54)55-2)44(58-40(29)43(53)46-33-17-10-5-11-18-33)49-38(50)28-57-36-20-12-19-34(26-36)47-42(52)37(48-41(51)32-15-8-4-9-16-32)25-30-21-23-35(24-22-30)56-27-31-13-6-3-7-14-31/h3-26H,27-28H2,1-2H3,(H,46,53)(H,47,52)(H,48,51)(H,49,50)/b37-25+. The van der Waals surface area contributed by atoms with Crippen LogP contribution in [0.2, 0.25) is 0 Å². The van der Waals surface area contributed by atoms with Crippen molar-refractivity contribution in [1.29, 1.82) is 0 Å². The second-order valence-electron chi connectivity index (χ2n) is 12.6. The number of hydrogen-bond acceptors (Lipinski definition) is 9. The van der Waals surface area contributed by atoms with E-state index in [0.717, 1.165) is 16.9 Å².